The van der Waals surface area contributed by atoms with Gasteiger partial charge in [-0.05, 0) is 24.0 Å². The third kappa shape index (κ3) is 2.51. The van der Waals surface area contributed by atoms with Crippen LogP contribution >= 0.6 is 0 Å². The number of benzene rings is 1. The fourth-order valence-corrected chi connectivity index (χ4v) is 3.14. The molecule has 102 valence electrons. The smallest absolute Gasteiger partial charge is 0.307 e. The Bertz CT molecular complexity index is 468. The second kappa shape index (κ2) is 5.31. The van der Waals surface area contributed by atoms with Gasteiger partial charge in [0.15, 0.2) is 0 Å². The van der Waals surface area contributed by atoms with E-state index in [1.165, 1.54) is 11.1 Å². The van der Waals surface area contributed by atoms with Crippen LogP contribution < -0.4 is 5.32 Å². The average molecular weight is 261 g/mol. The second-order valence-corrected chi connectivity index (χ2v) is 5.42. The first-order valence-corrected chi connectivity index (χ1v) is 6.88. The summed E-state index contributed by atoms with van der Waals surface area (Å²) in [5.41, 5.74) is 2.57. The molecule has 19 heavy (non-hydrogen) atoms. The van der Waals surface area contributed by atoms with Gasteiger partial charge < -0.3 is 15.2 Å². The Kier molecular flexibility index (Phi) is 3.53. The van der Waals surface area contributed by atoms with Crippen LogP contribution in [0.4, 0.5) is 0 Å². The lowest BCUT2D eigenvalue weighted by atomic mass is 9.88. The van der Waals surface area contributed by atoms with Crippen molar-refractivity contribution in [3.8, 4) is 0 Å². The molecule has 2 aliphatic heterocycles. The van der Waals surface area contributed by atoms with E-state index in [1.54, 1.807) is 0 Å². The minimum absolute atomic E-state index is 0.165. The summed E-state index contributed by atoms with van der Waals surface area (Å²) in [4.78, 5) is 11.1. The van der Waals surface area contributed by atoms with Crippen molar-refractivity contribution < 1.29 is 14.6 Å². The van der Waals surface area contributed by atoms with E-state index < -0.39 is 5.97 Å². The summed E-state index contributed by atoms with van der Waals surface area (Å²) in [7, 11) is 0. The van der Waals surface area contributed by atoms with Gasteiger partial charge in [0.1, 0.15) is 0 Å². The van der Waals surface area contributed by atoms with Crippen LogP contribution in [0.3, 0.4) is 0 Å². The lowest BCUT2D eigenvalue weighted by Gasteiger charge is -2.19. The van der Waals surface area contributed by atoms with Gasteiger partial charge in [-0.25, -0.2) is 0 Å². The van der Waals surface area contributed by atoms with Gasteiger partial charge in [-0.3, -0.25) is 4.79 Å². The van der Waals surface area contributed by atoms with Crippen molar-refractivity contribution >= 4 is 5.97 Å². The SMILES string of the molecule is O=C(O)C1CNC(c2ccccc2C2CCOC2)C1. The van der Waals surface area contributed by atoms with Crippen molar-refractivity contribution in [2.24, 2.45) is 5.92 Å². The fraction of sp³-hybridized carbons (Fsp3) is 0.533. The molecule has 1 aromatic carbocycles. The minimum Gasteiger partial charge on any atom is -0.481 e. The third-order valence-electron chi connectivity index (χ3n) is 4.22. The first-order chi connectivity index (χ1) is 9.25. The summed E-state index contributed by atoms with van der Waals surface area (Å²) in [6.45, 7) is 2.18. The van der Waals surface area contributed by atoms with Crippen LogP contribution in [0.1, 0.15) is 35.9 Å². The van der Waals surface area contributed by atoms with Gasteiger partial charge in [0, 0.05) is 25.1 Å². The minimum atomic E-state index is -0.698. The molecule has 3 rings (SSSR count). The molecule has 0 bridgehead atoms. The number of carboxylic acids is 1. The van der Waals surface area contributed by atoms with Gasteiger partial charge in [0.2, 0.25) is 0 Å². The van der Waals surface area contributed by atoms with E-state index in [-0.39, 0.29) is 12.0 Å². The highest BCUT2D eigenvalue weighted by Crippen LogP contribution is 2.35. The van der Waals surface area contributed by atoms with Crippen molar-refractivity contribution in [1.82, 2.24) is 5.32 Å². The first kappa shape index (κ1) is 12.6. The number of carboxylic acid groups (broad SMARTS) is 1. The number of nitrogens with one attached hydrogen (secondary N) is 1. The molecule has 0 aliphatic carbocycles. The quantitative estimate of drug-likeness (QED) is 0.873. The molecule has 1 aromatic rings. The van der Waals surface area contributed by atoms with E-state index in [2.05, 4.69) is 23.5 Å². The maximum atomic E-state index is 11.1. The van der Waals surface area contributed by atoms with E-state index in [1.807, 2.05) is 6.07 Å². The molecule has 2 saturated heterocycles. The maximum absolute atomic E-state index is 11.1. The number of aliphatic carboxylic acids is 1. The molecule has 4 heteroatoms. The number of hydrogen-bond acceptors (Lipinski definition) is 3. The van der Waals surface area contributed by atoms with Gasteiger partial charge in [-0.2, -0.15) is 0 Å². The summed E-state index contributed by atoms with van der Waals surface area (Å²) < 4.78 is 5.47. The Balaban J connectivity index is 1.83. The molecular formula is C15H19NO3. The molecule has 0 aromatic heterocycles. The number of ether oxygens (including phenoxy) is 1. The molecule has 0 amide bonds. The zero-order chi connectivity index (χ0) is 13.2. The zero-order valence-corrected chi connectivity index (χ0v) is 10.8. The highest BCUT2D eigenvalue weighted by Gasteiger charge is 2.32. The monoisotopic (exact) mass is 261 g/mol. The van der Waals surface area contributed by atoms with Crippen molar-refractivity contribution in [2.75, 3.05) is 19.8 Å². The summed E-state index contributed by atoms with van der Waals surface area (Å²) >= 11 is 0. The molecule has 3 atom stereocenters. The van der Waals surface area contributed by atoms with Gasteiger partial charge in [-0.1, -0.05) is 24.3 Å². The predicted octanol–water partition coefficient (Wildman–Crippen LogP) is 1.93. The molecule has 2 N–H and O–H groups in total. The van der Waals surface area contributed by atoms with Gasteiger partial charge in [0.25, 0.3) is 0 Å². The largest absolute Gasteiger partial charge is 0.481 e. The lowest BCUT2D eigenvalue weighted by molar-refractivity contribution is -0.141. The van der Waals surface area contributed by atoms with Crippen molar-refractivity contribution in [2.45, 2.75) is 24.8 Å². The van der Waals surface area contributed by atoms with E-state index in [4.69, 9.17) is 9.84 Å². The highest BCUT2D eigenvalue weighted by atomic mass is 16.5. The van der Waals surface area contributed by atoms with Gasteiger partial charge in [-0.15, -0.1) is 0 Å². The van der Waals surface area contributed by atoms with E-state index in [0.29, 0.717) is 18.9 Å². The maximum Gasteiger partial charge on any atom is 0.307 e. The Morgan fingerprint density at radius 3 is 2.74 bits per heavy atom. The van der Waals surface area contributed by atoms with E-state index in [9.17, 15) is 4.79 Å². The van der Waals surface area contributed by atoms with Crippen LogP contribution in [-0.4, -0.2) is 30.8 Å². The molecule has 0 radical (unpaired) electrons. The van der Waals surface area contributed by atoms with Gasteiger partial charge in [0.05, 0.1) is 12.5 Å². The molecule has 2 heterocycles. The summed E-state index contributed by atoms with van der Waals surface area (Å²) in [5.74, 6) is -0.503. The Labute approximate surface area is 112 Å². The molecule has 4 nitrogen and oxygen atoms in total. The van der Waals surface area contributed by atoms with Crippen LogP contribution in [0.5, 0.6) is 0 Å². The van der Waals surface area contributed by atoms with Crippen LogP contribution in [-0.2, 0) is 9.53 Å². The Morgan fingerprint density at radius 1 is 1.32 bits per heavy atom. The predicted molar refractivity (Wildman–Crippen MR) is 71.1 cm³/mol. The summed E-state index contributed by atoms with van der Waals surface area (Å²) in [5, 5.41) is 12.4. The lowest BCUT2D eigenvalue weighted by Crippen LogP contribution is -2.18. The van der Waals surface area contributed by atoms with Crippen molar-refractivity contribution in [1.29, 1.82) is 0 Å². The highest BCUT2D eigenvalue weighted by molar-refractivity contribution is 5.70. The molecule has 2 fully saturated rings. The van der Waals surface area contributed by atoms with E-state index in [0.717, 1.165) is 19.6 Å². The average Bonchev–Trinajstić information content (AvgIpc) is 3.10. The van der Waals surface area contributed by atoms with Crippen LogP contribution in [0.15, 0.2) is 24.3 Å². The summed E-state index contributed by atoms with van der Waals surface area (Å²) in [6, 6.07) is 8.53. The van der Waals surface area contributed by atoms with Crippen LogP contribution in [0.25, 0.3) is 0 Å². The third-order valence-corrected chi connectivity index (χ3v) is 4.22. The molecule has 3 unspecified atom stereocenters. The molecular weight excluding hydrogens is 242 g/mol. The Hall–Kier alpha value is -1.39. The van der Waals surface area contributed by atoms with Crippen LogP contribution in [0.2, 0.25) is 0 Å². The first-order valence-electron chi connectivity index (χ1n) is 6.88. The number of hydrogen-bond donors (Lipinski definition) is 2. The second-order valence-electron chi connectivity index (χ2n) is 5.42. The van der Waals surface area contributed by atoms with Crippen molar-refractivity contribution in [3.05, 3.63) is 35.4 Å². The molecule has 0 saturated carbocycles. The zero-order valence-electron chi connectivity index (χ0n) is 10.8. The molecule has 0 spiro atoms. The van der Waals surface area contributed by atoms with Crippen LogP contribution in [0, 0.1) is 5.92 Å². The standard InChI is InChI=1S/C15H19NO3/c17-15(18)11-7-14(16-8-11)13-4-2-1-3-12(13)10-5-6-19-9-10/h1-4,10-11,14,16H,5-9H2,(H,17,18). The van der Waals surface area contributed by atoms with E-state index >= 15 is 0 Å². The number of carbonyl (C=O) groups is 1. The topological polar surface area (TPSA) is 58.6 Å². The molecule has 2 aliphatic rings. The van der Waals surface area contributed by atoms with Crippen molar-refractivity contribution in [3.63, 3.8) is 0 Å². The Morgan fingerprint density at radius 2 is 2.11 bits per heavy atom. The number of rotatable bonds is 3. The normalized spacial score (nSPS) is 30.6. The van der Waals surface area contributed by atoms with Gasteiger partial charge >= 0.3 is 5.97 Å². The summed E-state index contributed by atoms with van der Waals surface area (Å²) in [6.07, 6.45) is 1.74. The fourth-order valence-electron chi connectivity index (χ4n) is 3.14.